The quantitative estimate of drug-likeness (QED) is 0.639. The van der Waals surface area contributed by atoms with Crippen LogP contribution in [0.5, 0.6) is 11.5 Å². The van der Waals surface area contributed by atoms with E-state index in [2.05, 4.69) is 12.2 Å². The van der Waals surface area contributed by atoms with Gasteiger partial charge in [-0.25, -0.2) is 4.79 Å². The summed E-state index contributed by atoms with van der Waals surface area (Å²) in [7, 11) is 0. The van der Waals surface area contributed by atoms with Crippen LogP contribution >= 0.6 is 11.6 Å². The second-order valence-corrected chi connectivity index (χ2v) is 7.47. The summed E-state index contributed by atoms with van der Waals surface area (Å²) in [6.07, 6.45) is -0.613. The van der Waals surface area contributed by atoms with E-state index in [9.17, 15) is 9.90 Å². The fourth-order valence-electron chi connectivity index (χ4n) is 3.16. The van der Waals surface area contributed by atoms with Crippen molar-refractivity contribution in [3.63, 3.8) is 0 Å². The van der Waals surface area contributed by atoms with E-state index in [1.54, 1.807) is 19.1 Å². The molecule has 2 aromatic rings. The lowest BCUT2D eigenvalue weighted by Gasteiger charge is -2.25. The molecule has 0 unspecified atom stereocenters. The van der Waals surface area contributed by atoms with E-state index in [4.69, 9.17) is 25.8 Å². The fourth-order valence-corrected chi connectivity index (χ4v) is 3.36. The Labute approximate surface area is 175 Å². The Morgan fingerprint density at radius 1 is 1.31 bits per heavy atom. The molecule has 0 aliphatic carbocycles. The lowest BCUT2D eigenvalue weighted by Crippen LogP contribution is -2.38. The zero-order valence-corrected chi connectivity index (χ0v) is 17.3. The minimum Gasteiger partial charge on any atom is -0.485 e. The molecular formula is C22H26ClNO5. The average Bonchev–Trinajstić information content (AvgIpc) is 2.71. The van der Waals surface area contributed by atoms with Crippen molar-refractivity contribution in [3.8, 4) is 11.5 Å². The normalized spacial score (nSPS) is 17.4. The third-order valence-electron chi connectivity index (χ3n) is 4.65. The van der Waals surface area contributed by atoms with Crippen molar-refractivity contribution in [2.75, 3.05) is 19.8 Å². The highest BCUT2D eigenvalue weighted by molar-refractivity contribution is 6.30. The fraction of sp³-hybridized carbons (Fsp3) is 0.409. The van der Waals surface area contributed by atoms with Gasteiger partial charge in [0.25, 0.3) is 0 Å². The summed E-state index contributed by atoms with van der Waals surface area (Å²) in [5.41, 5.74) is 1.85. The highest BCUT2D eigenvalue weighted by Crippen LogP contribution is 2.33. The van der Waals surface area contributed by atoms with Gasteiger partial charge < -0.3 is 24.6 Å². The molecule has 1 heterocycles. The molecule has 0 aromatic heterocycles. The monoisotopic (exact) mass is 419 g/mol. The predicted molar refractivity (Wildman–Crippen MR) is 111 cm³/mol. The van der Waals surface area contributed by atoms with Gasteiger partial charge in [0.2, 0.25) is 6.10 Å². The summed E-state index contributed by atoms with van der Waals surface area (Å²) in [4.78, 5) is 11.8. The number of rotatable bonds is 8. The second-order valence-electron chi connectivity index (χ2n) is 7.03. The van der Waals surface area contributed by atoms with Crippen LogP contribution in [0.4, 0.5) is 0 Å². The molecule has 0 radical (unpaired) electrons. The van der Waals surface area contributed by atoms with Gasteiger partial charge in [-0.05, 0) is 55.7 Å². The van der Waals surface area contributed by atoms with Gasteiger partial charge in [0.05, 0.1) is 12.7 Å². The van der Waals surface area contributed by atoms with E-state index in [0.717, 1.165) is 17.5 Å². The van der Waals surface area contributed by atoms with Crippen LogP contribution in [0.15, 0.2) is 42.5 Å². The Hall–Kier alpha value is -2.28. The van der Waals surface area contributed by atoms with Crippen molar-refractivity contribution >= 4 is 17.6 Å². The number of aliphatic hydroxyl groups is 1. The smallest absolute Gasteiger partial charge is 0.350 e. The van der Waals surface area contributed by atoms with Crippen molar-refractivity contribution in [3.05, 3.63) is 58.6 Å². The largest absolute Gasteiger partial charge is 0.485 e. The zero-order chi connectivity index (χ0) is 20.8. The maximum Gasteiger partial charge on any atom is 0.350 e. The number of hydrogen-bond acceptors (Lipinski definition) is 6. The predicted octanol–water partition coefficient (Wildman–Crippen LogP) is 3.30. The third-order valence-corrected chi connectivity index (χ3v) is 4.89. The van der Waals surface area contributed by atoms with Crippen LogP contribution in [-0.4, -0.2) is 43.0 Å². The molecule has 0 fully saturated rings. The molecule has 29 heavy (non-hydrogen) atoms. The van der Waals surface area contributed by atoms with E-state index >= 15 is 0 Å². The number of esters is 1. The summed E-state index contributed by atoms with van der Waals surface area (Å²) in [6.45, 7) is 4.67. The van der Waals surface area contributed by atoms with Gasteiger partial charge in [-0.2, -0.15) is 0 Å². The molecule has 7 heteroatoms. The first-order valence-corrected chi connectivity index (χ1v) is 10.1. The first-order valence-electron chi connectivity index (χ1n) is 9.72. The Morgan fingerprint density at radius 2 is 2.14 bits per heavy atom. The maximum absolute atomic E-state index is 11.8. The van der Waals surface area contributed by atoms with Gasteiger partial charge in [-0.15, -0.1) is 0 Å². The van der Waals surface area contributed by atoms with E-state index < -0.39 is 18.2 Å². The van der Waals surface area contributed by atoms with Crippen molar-refractivity contribution < 1.29 is 24.1 Å². The average molecular weight is 420 g/mol. The number of carbonyl (C=O) groups is 1. The van der Waals surface area contributed by atoms with Gasteiger partial charge in [-0.3, -0.25) is 0 Å². The van der Waals surface area contributed by atoms with Gasteiger partial charge in [0.15, 0.2) is 11.5 Å². The maximum atomic E-state index is 11.8. The van der Waals surface area contributed by atoms with Crippen molar-refractivity contribution in [2.45, 2.75) is 38.5 Å². The Balaban J connectivity index is 1.52. The molecule has 0 bridgehead atoms. The lowest BCUT2D eigenvalue weighted by atomic mass is 10.0. The molecule has 0 amide bonds. The molecule has 1 aliphatic rings. The number of halogens is 1. The number of nitrogens with one attached hydrogen (secondary N) is 1. The van der Waals surface area contributed by atoms with Gasteiger partial charge in [-0.1, -0.05) is 29.8 Å². The standard InChI is InChI=1S/C22H26ClNO5/c1-3-27-22(26)21-13-28-20-10-15(7-8-19(20)29-21)9-14(2)24-12-18(25)16-5-4-6-17(23)11-16/h4-8,10-11,14,18,21,24-25H,3,9,12-13H2,1-2H3/t14-,18-,21-/m0/s1. The molecule has 0 saturated carbocycles. The minimum absolute atomic E-state index is 0.134. The minimum atomic E-state index is -0.734. The van der Waals surface area contributed by atoms with Gasteiger partial charge >= 0.3 is 5.97 Å². The Kier molecular flexibility index (Phi) is 7.36. The Bertz CT molecular complexity index is 844. The molecule has 3 atom stereocenters. The van der Waals surface area contributed by atoms with Crippen LogP contribution in [0.2, 0.25) is 5.02 Å². The van der Waals surface area contributed by atoms with E-state index in [0.29, 0.717) is 29.7 Å². The Morgan fingerprint density at radius 3 is 2.90 bits per heavy atom. The number of aliphatic hydroxyl groups excluding tert-OH is 1. The molecule has 0 spiro atoms. The molecule has 2 aromatic carbocycles. The molecule has 0 saturated heterocycles. The van der Waals surface area contributed by atoms with Crippen LogP contribution in [0.1, 0.15) is 31.1 Å². The van der Waals surface area contributed by atoms with Crippen molar-refractivity contribution in [1.82, 2.24) is 5.32 Å². The molecule has 156 valence electrons. The zero-order valence-electron chi connectivity index (χ0n) is 16.6. The van der Waals surface area contributed by atoms with Gasteiger partial charge in [0.1, 0.15) is 6.61 Å². The molecule has 3 rings (SSSR count). The molecule has 2 N–H and O–H groups in total. The summed E-state index contributed by atoms with van der Waals surface area (Å²) < 4.78 is 16.4. The van der Waals surface area contributed by atoms with Crippen LogP contribution in [0, 0.1) is 0 Å². The van der Waals surface area contributed by atoms with Crippen LogP contribution in [0.25, 0.3) is 0 Å². The van der Waals surface area contributed by atoms with Crippen molar-refractivity contribution in [1.29, 1.82) is 0 Å². The van der Waals surface area contributed by atoms with E-state index in [1.807, 2.05) is 30.3 Å². The summed E-state index contributed by atoms with van der Waals surface area (Å²) in [6, 6.07) is 13.0. The highest BCUT2D eigenvalue weighted by atomic mass is 35.5. The second kappa shape index (κ2) is 9.96. The first-order chi connectivity index (χ1) is 14.0. The number of ether oxygens (including phenoxy) is 3. The van der Waals surface area contributed by atoms with Crippen LogP contribution < -0.4 is 14.8 Å². The summed E-state index contributed by atoms with van der Waals surface area (Å²) in [5, 5.41) is 14.3. The number of benzene rings is 2. The highest BCUT2D eigenvalue weighted by Gasteiger charge is 2.28. The van der Waals surface area contributed by atoms with E-state index in [-0.39, 0.29) is 12.6 Å². The van der Waals surface area contributed by atoms with E-state index in [1.165, 1.54) is 0 Å². The van der Waals surface area contributed by atoms with Crippen molar-refractivity contribution in [2.24, 2.45) is 0 Å². The lowest BCUT2D eigenvalue weighted by molar-refractivity contribution is -0.153. The summed E-state index contributed by atoms with van der Waals surface area (Å²) >= 11 is 5.98. The molecular weight excluding hydrogens is 394 g/mol. The molecule has 6 nitrogen and oxygen atoms in total. The topological polar surface area (TPSA) is 77.0 Å². The number of fused-ring (bicyclic) bond motifs is 1. The van der Waals surface area contributed by atoms with Gasteiger partial charge in [0, 0.05) is 17.6 Å². The molecule has 1 aliphatic heterocycles. The first kappa shape index (κ1) is 21.4. The SMILES string of the molecule is CCOC(=O)[C@@H]1COc2cc(C[C@H](C)NC[C@H](O)c3cccc(Cl)c3)ccc2O1. The summed E-state index contributed by atoms with van der Waals surface area (Å²) in [5.74, 6) is 0.738. The number of carbonyl (C=O) groups excluding carboxylic acids is 1. The van der Waals surface area contributed by atoms with Crippen LogP contribution in [-0.2, 0) is 16.0 Å². The number of hydrogen-bond donors (Lipinski definition) is 2. The third kappa shape index (κ3) is 5.85. The van der Waals surface area contributed by atoms with Crippen LogP contribution in [0.3, 0.4) is 0 Å².